The Hall–Kier alpha value is -1.50. The quantitative estimate of drug-likeness (QED) is 0.274. The van der Waals surface area contributed by atoms with Crippen LogP contribution in [-0.2, 0) is 4.79 Å². The lowest BCUT2D eigenvalue weighted by molar-refractivity contribution is -0.117. The van der Waals surface area contributed by atoms with Crippen LogP contribution in [0.5, 0.6) is 0 Å². The van der Waals surface area contributed by atoms with E-state index in [9.17, 15) is 9.59 Å². The van der Waals surface area contributed by atoms with E-state index in [2.05, 4.69) is 15.8 Å². The number of hydrogen-bond donors (Lipinski definition) is 2. The number of halogens is 5. The highest BCUT2D eigenvalue weighted by atomic mass is 35.5. The Bertz CT molecular complexity index is 1010. The first-order chi connectivity index (χ1) is 14.1. The van der Waals surface area contributed by atoms with Crippen LogP contribution in [0.15, 0.2) is 41.5 Å². The third-order valence-corrected chi connectivity index (χ3v) is 6.20. The van der Waals surface area contributed by atoms with Crippen molar-refractivity contribution < 1.29 is 9.59 Å². The van der Waals surface area contributed by atoms with Crippen molar-refractivity contribution in [2.24, 2.45) is 11.0 Å². The molecule has 3 rings (SSSR count). The normalized spacial score (nSPS) is 19.5. The third-order valence-electron chi connectivity index (χ3n) is 4.50. The highest BCUT2D eigenvalue weighted by Crippen LogP contribution is 2.65. The van der Waals surface area contributed by atoms with E-state index in [1.54, 1.807) is 30.5 Å². The Kier molecular flexibility index (Phi) is 7.20. The standard InChI is InChI=1S/C20H16Cl5N3O2/c1-2-5-26-28-18(29)14-9-13(3-4-15(14)23)27-19(30)17-16(20(17,24)25)10-6-11(21)8-12(22)7-10/h3-9,16-17H,2H2,1H3,(H,27,30)(H,28,29)/b26-5+. The molecule has 1 aliphatic rings. The number of rotatable bonds is 6. The van der Waals surface area contributed by atoms with Crippen LogP contribution < -0.4 is 10.7 Å². The Labute approximate surface area is 198 Å². The predicted octanol–water partition coefficient (Wildman–Crippen LogP) is 6.30. The second kappa shape index (κ2) is 9.33. The van der Waals surface area contributed by atoms with Gasteiger partial charge in [-0.3, -0.25) is 9.59 Å². The molecule has 0 spiro atoms. The molecule has 2 atom stereocenters. The third kappa shape index (κ3) is 5.04. The summed E-state index contributed by atoms with van der Waals surface area (Å²) >= 11 is 30.9. The lowest BCUT2D eigenvalue weighted by Gasteiger charge is -2.09. The van der Waals surface area contributed by atoms with Gasteiger partial charge >= 0.3 is 0 Å². The van der Waals surface area contributed by atoms with E-state index in [4.69, 9.17) is 58.0 Å². The predicted molar refractivity (Wildman–Crippen MR) is 123 cm³/mol. The monoisotopic (exact) mass is 505 g/mol. The number of carbonyl (C=O) groups is 2. The van der Waals surface area contributed by atoms with Crippen LogP contribution in [0.4, 0.5) is 5.69 Å². The zero-order valence-corrected chi connectivity index (χ0v) is 19.3. The van der Waals surface area contributed by atoms with Gasteiger partial charge in [0.2, 0.25) is 5.91 Å². The molecule has 158 valence electrons. The number of hydrogen-bond acceptors (Lipinski definition) is 3. The van der Waals surface area contributed by atoms with Crippen molar-refractivity contribution in [1.82, 2.24) is 5.43 Å². The molecule has 0 saturated heterocycles. The minimum Gasteiger partial charge on any atom is -0.326 e. The van der Waals surface area contributed by atoms with Crippen molar-refractivity contribution in [3.05, 3.63) is 62.6 Å². The molecule has 2 aromatic carbocycles. The van der Waals surface area contributed by atoms with E-state index in [0.717, 1.165) is 0 Å². The number of benzene rings is 2. The molecule has 0 heterocycles. The number of alkyl halides is 2. The second-order valence-electron chi connectivity index (χ2n) is 6.68. The highest BCUT2D eigenvalue weighted by Gasteiger charge is 2.67. The van der Waals surface area contributed by atoms with E-state index in [1.807, 2.05) is 6.92 Å². The molecule has 2 amide bonds. The van der Waals surface area contributed by atoms with E-state index in [0.29, 0.717) is 27.7 Å². The van der Waals surface area contributed by atoms with Gasteiger partial charge in [-0.1, -0.05) is 41.7 Å². The SMILES string of the molecule is CC/C=N/NC(=O)c1cc(NC(=O)C2C(c3cc(Cl)cc(Cl)c3)C2(Cl)Cl)ccc1Cl. The molecule has 10 heteroatoms. The van der Waals surface area contributed by atoms with Crippen LogP contribution in [0.1, 0.15) is 35.2 Å². The first-order valence-electron chi connectivity index (χ1n) is 8.91. The minimum absolute atomic E-state index is 0.166. The van der Waals surface area contributed by atoms with Gasteiger partial charge in [0.25, 0.3) is 5.91 Å². The summed E-state index contributed by atoms with van der Waals surface area (Å²) in [6.45, 7) is 1.88. The first-order valence-corrected chi connectivity index (χ1v) is 10.8. The van der Waals surface area contributed by atoms with Crippen molar-refractivity contribution >= 4 is 81.7 Å². The van der Waals surface area contributed by atoms with Gasteiger partial charge in [-0.15, -0.1) is 23.2 Å². The summed E-state index contributed by atoms with van der Waals surface area (Å²) < 4.78 is -1.31. The topological polar surface area (TPSA) is 70.6 Å². The molecule has 0 radical (unpaired) electrons. The van der Waals surface area contributed by atoms with Crippen molar-refractivity contribution in [3.8, 4) is 0 Å². The molecule has 0 aliphatic heterocycles. The van der Waals surface area contributed by atoms with Gasteiger partial charge in [-0.25, -0.2) is 5.43 Å². The lowest BCUT2D eigenvalue weighted by Crippen LogP contribution is -2.20. The van der Waals surface area contributed by atoms with Crippen molar-refractivity contribution in [2.45, 2.75) is 23.6 Å². The Morgan fingerprint density at radius 3 is 2.40 bits per heavy atom. The average Bonchev–Trinajstić information content (AvgIpc) is 3.25. The summed E-state index contributed by atoms with van der Waals surface area (Å²) in [6.07, 6.45) is 2.22. The van der Waals surface area contributed by atoms with Crippen molar-refractivity contribution in [2.75, 3.05) is 5.32 Å². The number of carbonyl (C=O) groups excluding carboxylic acids is 2. The molecule has 5 nitrogen and oxygen atoms in total. The number of amides is 2. The number of hydrazone groups is 1. The molecule has 0 aromatic heterocycles. The molecule has 1 saturated carbocycles. The Balaban J connectivity index is 1.77. The van der Waals surface area contributed by atoms with Crippen LogP contribution in [0, 0.1) is 5.92 Å². The fraction of sp³-hybridized carbons (Fsp3) is 0.250. The lowest BCUT2D eigenvalue weighted by atomic mass is 10.1. The largest absolute Gasteiger partial charge is 0.326 e. The zero-order chi connectivity index (χ0) is 22.1. The van der Waals surface area contributed by atoms with Crippen LogP contribution in [0.25, 0.3) is 0 Å². The summed E-state index contributed by atoms with van der Waals surface area (Å²) in [7, 11) is 0. The Morgan fingerprint density at radius 2 is 1.77 bits per heavy atom. The van der Waals surface area contributed by atoms with Crippen molar-refractivity contribution in [1.29, 1.82) is 0 Å². The highest BCUT2D eigenvalue weighted by molar-refractivity contribution is 6.53. The molecule has 2 aromatic rings. The summed E-state index contributed by atoms with van der Waals surface area (Å²) in [6, 6.07) is 9.46. The minimum atomic E-state index is -1.31. The molecule has 1 fully saturated rings. The molecule has 2 unspecified atom stereocenters. The van der Waals surface area contributed by atoms with Crippen LogP contribution in [-0.4, -0.2) is 22.4 Å². The number of nitrogens with zero attached hydrogens (tertiary/aromatic N) is 1. The van der Waals surface area contributed by atoms with Gasteiger partial charge in [0.15, 0.2) is 0 Å². The molecule has 0 bridgehead atoms. The van der Waals surface area contributed by atoms with E-state index in [1.165, 1.54) is 12.1 Å². The first kappa shape index (κ1) is 23.2. The average molecular weight is 508 g/mol. The van der Waals surface area contributed by atoms with E-state index in [-0.39, 0.29) is 10.6 Å². The number of nitrogens with one attached hydrogen (secondary N) is 2. The van der Waals surface area contributed by atoms with Gasteiger partial charge in [0.05, 0.1) is 16.5 Å². The molecular weight excluding hydrogens is 492 g/mol. The second-order valence-corrected chi connectivity index (χ2v) is 9.40. The van der Waals surface area contributed by atoms with Gasteiger partial charge < -0.3 is 5.32 Å². The maximum absolute atomic E-state index is 12.8. The van der Waals surface area contributed by atoms with E-state index >= 15 is 0 Å². The van der Waals surface area contributed by atoms with Gasteiger partial charge in [-0.2, -0.15) is 5.10 Å². The van der Waals surface area contributed by atoms with Crippen LogP contribution >= 0.6 is 58.0 Å². The summed E-state index contributed by atoms with van der Waals surface area (Å²) in [5, 5.41) is 7.58. The molecule has 30 heavy (non-hydrogen) atoms. The maximum Gasteiger partial charge on any atom is 0.272 e. The summed E-state index contributed by atoms with van der Waals surface area (Å²) in [5.41, 5.74) is 3.58. The van der Waals surface area contributed by atoms with Gasteiger partial charge in [0, 0.05) is 27.9 Å². The van der Waals surface area contributed by atoms with Gasteiger partial charge in [0.1, 0.15) is 4.33 Å². The molecule has 2 N–H and O–H groups in total. The molecule has 1 aliphatic carbocycles. The maximum atomic E-state index is 12.8. The van der Waals surface area contributed by atoms with E-state index < -0.39 is 28.0 Å². The molecular formula is C20H16Cl5N3O2. The van der Waals surface area contributed by atoms with Crippen LogP contribution in [0.2, 0.25) is 15.1 Å². The fourth-order valence-electron chi connectivity index (χ4n) is 3.08. The van der Waals surface area contributed by atoms with Gasteiger partial charge in [-0.05, 0) is 48.4 Å². The smallest absolute Gasteiger partial charge is 0.272 e. The summed E-state index contributed by atoms with van der Waals surface area (Å²) in [5.74, 6) is -2.10. The summed E-state index contributed by atoms with van der Waals surface area (Å²) in [4.78, 5) is 25.1. The number of anilines is 1. The fourth-order valence-corrected chi connectivity index (χ4v) is 4.65. The Morgan fingerprint density at radius 1 is 1.10 bits per heavy atom. The van der Waals surface area contributed by atoms with Crippen LogP contribution in [0.3, 0.4) is 0 Å². The zero-order valence-electron chi connectivity index (χ0n) is 15.6. The van der Waals surface area contributed by atoms with Crippen molar-refractivity contribution in [3.63, 3.8) is 0 Å².